The molecule has 17 heavy (non-hydrogen) atoms. The molecule has 0 bridgehead atoms. The highest BCUT2D eigenvalue weighted by atomic mass is 16.5. The van der Waals surface area contributed by atoms with Crippen LogP contribution >= 0.6 is 0 Å². The molecule has 0 saturated heterocycles. The Hall–Kier alpha value is -1.89. The fraction of sp³-hybridized carbons (Fsp3) is 0.462. The van der Waals surface area contributed by atoms with Crippen LogP contribution in [0.4, 0.5) is 5.69 Å². The summed E-state index contributed by atoms with van der Waals surface area (Å²) in [5, 5.41) is 8.61. The van der Waals surface area contributed by atoms with Gasteiger partial charge in [0.1, 0.15) is 11.5 Å². The van der Waals surface area contributed by atoms with Crippen molar-refractivity contribution >= 4 is 5.69 Å². The zero-order valence-corrected chi connectivity index (χ0v) is 10.8. The van der Waals surface area contributed by atoms with Crippen molar-refractivity contribution in [3.05, 3.63) is 17.7 Å². The molecule has 0 saturated carbocycles. The van der Waals surface area contributed by atoms with Gasteiger partial charge < -0.3 is 14.4 Å². The van der Waals surface area contributed by atoms with Crippen molar-refractivity contribution in [3.63, 3.8) is 0 Å². The van der Waals surface area contributed by atoms with Gasteiger partial charge in [-0.2, -0.15) is 5.26 Å². The number of rotatable bonds is 5. The van der Waals surface area contributed by atoms with E-state index in [0.717, 1.165) is 22.7 Å². The van der Waals surface area contributed by atoms with Gasteiger partial charge in [-0.25, -0.2) is 0 Å². The van der Waals surface area contributed by atoms with Crippen molar-refractivity contribution in [1.82, 2.24) is 0 Å². The zero-order valence-electron chi connectivity index (χ0n) is 10.8. The molecule has 0 unspecified atom stereocenters. The van der Waals surface area contributed by atoms with Gasteiger partial charge in [-0.3, -0.25) is 0 Å². The first-order valence-corrected chi connectivity index (χ1v) is 5.44. The fourth-order valence-corrected chi connectivity index (χ4v) is 1.81. The number of hydrogen-bond acceptors (Lipinski definition) is 4. The van der Waals surface area contributed by atoms with Crippen molar-refractivity contribution < 1.29 is 9.47 Å². The third kappa shape index (κ3) is 3.04. The lowest BCUT2D eigenvalue weighted by Gasteiger charge is -2.23. The summed E-state index contributed by atoms with van der Waals surface area (Å²) in [6.07, 6.45) is 0.491. The Morgan fingerprint density at radius 1 is 1.29 bits per heavy atom. The number of nitriles is 1. The van der Waals surface area contributed by atoms with Gasteiger partial charge in [-0.15, -0.1) is 0 Å². The predicted octanol–water partition coefficient (Wildman–Crippen LogP) is 2.36. The molecule has 0 heterocycles. The summed E-state index contributed by atoms with van der Waals surface area (Å²) in [4.78, 5) is 2.02. The van der Waals surface area contributed by atoms with Gasteiger partial charge in [0, 0.05) is 19.7 Å². The lowest BCUT2D eigenvalue weighted by atomic mass is 10.1. The molecule has 0 aromatic heterocycles. The lowest BCUT2D eigenvalue weighted by Crippen LogP contribution is -2.20. The van der Waals surface area contributed by atoms with Crippen LogP contribution in [0.1, 0.15) is 12.0 Å². The predicted molar refractivity (Wildman–Crippen MR) is 67.8 cm³/mol. The molecule has 0 aliphatic rings. The zero-order chi connectivity index (χ0) is 12.8. The van der Waals surface area contributed by atoms with Crippen LogP contribution in [0.3, 0.4) is 0 Å². The van der Waals surface area contributed by atoms with Crippen LogP contribution in [0.25, 0.3) is 0 Å². The molecule has 0 amide bonds. The highest BCUT2D eigenvalue weighted by Gasteiger charge is 2.13. The van der Waals surface area contributed by atoms with Gasteiger partial charge in [-0.1, -0.05) is 0 Å². The van der Waals surface area contributed by atoms with Crippen LogP contribution in [-0.4, -0.2) is 27.8 Å². The van der Waals surface area contributed by atoms with Crippen molar-refractivity contribution in [2.24, 2.45) is 0 Å². The molecule has 4 nitrogen and oxygen atoms in total. The summed E-state index contributed by atoms with van der Waals surface area (Å²) in [6, 6.07) is 5.95. The smallest absolute Gasteiger partial charge is 0.146 e. The molecule has 0 fully saturated rings. The number of methoxy groups -OCH3 is 2. The quantitative estimate of drug-likeness (QED) is 0.784. The second-order valence-corrected chi connectivity index (χ2v) is 3.82. The van der Waals surface area contributed by atoms with Crippen molar-refractivity contribution in [2.75, 3.05) is 32.7 Å². The minimum Gasteiger partial charge on any atom is -0.497 e. The molecule has 0 spiro atoms. The molecular formula is C13H18N2O2. The fourth-order valence-electron chi connectivity index (χ4n) is 1.81. The normalized spacial score (nSPS) is 9.59. The van der Waals surface area contributed by atoms with E-state index >= 15 is 0 Å². The van der Waals surface area contributed by atoms with Gasteiger partial charge in [0.2, 0.25) is 0 Å². The van der Waals surface area contributed by atoms with E-state index in [4.69, 9.17) is 14.7 Å². The van der Waals surface area contributed by atoms with Crippen LogP contribution in [-0.2, 0) is 0 Å². The topological polar surface area (TPSA) is 45.5 Å². The first kappa shape index (κ1) is 13.2. The minimum atomic E-state index is 0.491. The largest absolute Gasteiger partial charge is 0.497 e. The Bertz CT molecular complexity index is 424. The second-order valence-electron chi connectivity index (χ2n) is 3.82. The number of ether oxygens (including phenoxy) is 2. The molecule has 4 heteroatoms. The molecule has 0 N–H and O–H groups in total. The average Bonchev–Trinajstić information content (AvgIpc) is 2.34. The Morgan fingerprint density at radius 3 is 2.53 bits per heavy atom. The Morgan fingerprint density at radius 2 is 2.00 bits per heavy atom. The Balaban J connectivity index is 3.09. The summed E-state index contributed by atoms with van der Waals surface area (Å²) in [5.74, 6) is 1.54. The summed E-state index contributed by atoms with van der Waals surface area (Å²) in [7, 11) is 5.22. The van der Waals surface area contributed by atoms with E-state index in [2.05, 4.69) is 6.07 Å². The van der Waals surface area contributed by atoms with Crippen LogP contribution in [0.2, 0.25) is 0 Å². The molecular weight excluding hydrogens is 216 g/mol. The second kappa shape index (κ2) is 6.00. The average molecular weight is 234 g/mol. The van der Waals surface area contributed by atoms with Crippen LogP contribution < -0.4 is 14.4 Å². The molecule has 1 rings (SSSR count). The third-order valence-corrected chi connectivity index (χ3v) is 2.64. The van der Waals surface area contributed by atoms with Crippen molar-refractivity contribution in [1.29, 1.82) is 5.26 Å². The maximum Gasteiger partial charge on any atom is 0.146 e. The number of anilines is 1. The first-order valence-electron chi connectivity index (χ1n) is 5.44. The van der Waals surface area contributed by atoms with E-state index in [1.807, 2.05) is 31.0 Å². The highest BCUT2D eigenvalue weighted by Crippen LogP contribution is 2.35. The number of hydrogen-bond donors (Lipinski definition) is 0. The summed E-state index contributed by atoms with van der Waals surface area (Å²) in [6.45, 7) is 2.68. The number of nitrogens with zero attached hydrogens (tertiary/aromatic N) is 2. The molecule has 0 aliphatic carbocycles. The maximum absolute atomic E-state index is 8.61. The van der Waals surface area contributed by atoms with Gasteiger partial charge in [0.05, 0.1) is 32.4 Å². The van der Waals surface area contributed by atoms with E-state index < -0.39 is 0 Å². The lowest BCUT2D eigenvalue weighted by molar-refractivity contribution is 0.394. The maximum atomic E-state index is 8.61. The summed E-state index contributed by atoms with van der Waals surface area (Å²) in [5.41, 5.74) is 2.07. The summed E-state index contributed by atoms with van der Waals surface area (Å²) < 4.78 is 10.6. The molecule has 0 radical (unpaired) electrons. The SMILES string of the molecule is COc1cc(C)c(N(C)CCC#N)c(OC)c1. The number of benzene rings is 1. The highest BCUT2D eigenvalue weighted by molar-refractivity contribution is 5.65. The molecule has 92 valence electrons. The van der Waals surface area contributed by atoms with E-state index in [-0.39, 0.29) is 0 Å². The third-order valence-electron chi connectivity index (χ3n) is 2.64. The molecule has 1 aromatic carbocycles. The summed E-state index contributed by atoms with van der Waals surface area (Å²) >= 11 is 0. The van der Waals surface area contributed by atoms with Gasteiger partial charge in [-0.05, 0) is 18.6 Å². The first-order chi connectivity index (χ1) is 8.13. The monoisotopic (exact) mass is 234 g/mol. The van der Waals surface area contributed by atoms with E-state index in [1.165, 1.54) is 0 Å². The van der Waals surface area contributed by atoms with E-state index in [9.17, 15) is 0 Å². The Labute approximate surface area is 102 Å². The number of aryl methyl sites for hydroxylation is 1. The van der Waals surface area contributed by atoms with Gasteiger partial charge in [0.25, 0.3) is 0 Å². The van der Waals surface area contributed by atoms with Gasteiger partial charge in [0.15, 0.2) is 0 Å². The van der Waals surface area contributed by atoms with Crippen LogP contribution in [0.5, 0.6) is 11.5 Å². The Kier molecular flexibility index (Phi) is 4.65. The van der Waals surface area contributed by atoms with Gasteiger partial charge >= 0.3 is 0 Å². The van der Waals surface area contributed by atoms with Crippen LogP contribution in [0.15, 0.2) is 12.1 Å². The van der Waals surface area contributed by atoms with Crippen LogP contribution in [0, 0.1) is 18.3 Å². The van der Waals surface area contributed by atoms with E-state index in [1.54, 1.807) is 14.2 Å². The molecule has 0 aliphatic heterocycles. The molecule has 1 aromatic rings. The van der Waals surface area contributed by atoms with Crippen molar-refractivity contribution in [3.8, 4) is 17.6 Å². The van der Waals surface area contributed by atoms with E-state index in [0.29, 0.717) is 13.0 Å². The standard InChI is InChI=1S/C13H18N2O2/c1-10-8-11(16-3)9-12(17-4)13(10)15(2)7-5-6-14/h8-9H,5,7H2,1-4H3. The van der Waals surface area contributed by atoms with Crippen molar-refractivity contribution in [2.45, 2.75) is 13.3 Å². The minimum absolute atomic E-state index is 0.491. The molecule has 0 atom stereocenters.